The number of carbonyl (C=O) groups excluding carboxylic acids is 1. The van der Waals surface area contributed by atoms with E-state index in [2.05, 4.69) is 51.1 Å². The number of hydrogen-bond donors (Lipinski definition) is 0. The van der Waals surface area contributed by atoms with Crippen LogP contribution in [-0.4, -0.2) is 12.5 Å². The van der Waals surface area contributed by atoms with Crippen LogP contribution in [0.5, 0.6) is 0 Å². The Bertz CT molecular complexity index is 751. The second-order valence-electron chi connectivity index (χ2n) is 5.61. The summed E-state index contributed by atoms with van der Waals surface area (Å²) in [7, 11) is 0. The summed E-state index contributed by atoms with van der Waals surface area (Å²) in [6.07, 6.45) is 6.71. The van der Waals surface area contributed by atoms with Gasteiger partial charge in [0.25, 0.3) is 0 Å². The van der Waals surface area contributed by atoms with Gasteiger partial charge >= 0.3 is 0 Å². The van der Waals surface area contributed by atoms with Crippen molar-refractivity contribution in [2.75, 3.05) is 6.26 Å². The number of rotatable bonds is 6. The average molecular weight is 355 g/mol. The Labute approximate surface area is 153 Å². The molecule has 0 aliphatic carbocycles. The van der Waals surface area contributed by atoms with Crippen molar-refractivity contribution < 1.29 is 4.79 Å². The molecule has 0 spiro atoms. The van der Waals surface area contributed by atoms with Crippen LogP contribution < -0.4 is 0 Å². The zero-order chi connectivity index (χ0) is 17.5. The highest BCUT2D eigenvalue weighted by atomic mass is 32.2. The number of thioether (sulfide) groups is 2. The largest absolute Gasteiger partial charge is 0.299 e. The molecule has 0 aliphatic heterocycles. The van der Waals surface area contributed by atoms with E-state index in [1.54, 1.807) is 29.6 Å². The number of aryl methyl sites for hydroxylation is 3. The maximum atomic E-state index is 11.0. The highest BCUT2D eigenvalue weighted by Gasteiger charge is 2.10. The van der Waals surface area contributed by atoms with E-state index in [1.807, 2.05) is 24.5 Å². The summed E-state index contributed by atoms with van der Waals surface area (Å²) in [6.45, 7) is 6.39. The lowest BCUT2D eigenvalue weighted by Crippen LogP contribution is -1.91. The third-order valence-electron chi connectivity index (χ3n) is 3.67. The summed E-state index contributed by atoms with van der Waals surface area (Å²) in [5.41, 5.74) is 5.01. The van der Waals surface area contributed by atoms with E-state index in [4.69, 9.17) is 0 Å². The molecule has 124 valence electrons. The molecule has 0 heterocycles. The maximum absolute atomic E-state index is 11.0. The first-order chi connectivity index (χ1) is 11.5. The Balaban J connectivity index is 2.53. The van der Waals surface area contributed by atoms with E-state index < -0.39 is 0 Å². The van der Waals surface area contributed by atoms with Gasteiger partial charge in [0.2, 0.25) is 0 Å². The third kappa shape index (κ3) is 4.89. The highest BCUT2D eigenvalue weighted by Crippen LogP contribution is 2.38. The summed E-state index contributed by atoms with van der Waals surface area (Å²) >= 11 is 3.29. The standard InChI is InChI=1S/C21H22OS2/c1-15-12-16(2)19(17(3)13-15)14-21(20(23-4)10-11-22)24-18-8-6-5-7-9-18/h5-14H,1-4H3/b20-10-,21-14-. The first-order valence-corrected chi connectivity index (χ1v) is 9.81. The lowest BCUT2D eigenvalue weighted by atomic mass is 9.99. The lowest BCUT2D eigenvalue weighted by molar-refractivity contribution is -0.104. The fraction of sp³-hybridized carbons (Fsp3) is 0.190. The van der Waals surface area contributed by atoms with E-state index in [-0.39, 0.29) is 0 Å². The number of hydrogen-bond acceptors (Lipinski definition) is 3. The molecule has 0 saturated heterocycles. The SMILES string of the molecule is CSC(=C\C=O)/C(=C/c1c(C)cc(C)cc1C)Sc1ccccc1. The number of carbonyl (C=O) groups is 1. The molecule has 2 rings (SSSR count). The van der Waals surface area contributed by atoms with Crippen LogP contribution in [0.3, 0.4) is 0 Å². The van der Waals surface area contributed by atoms with Crippen LogP contribution in [-0.2, 0) is 4.79 Å². The van der Waals surface area contributed by atoms with Gasteiger partial charge in [-0.15, -0.1) is 11.8 Å². The Hall–Kier alpha value is -1.71. The van der Waals surface area contributed by atoms with Crippen LogP contribution in [0.1, 0.15) is 22.3 Å². The minimum atomic E-state index is 0.861. The summed E-state index contributed by atoms with van der Waals surface area (Å²) in [5, 5.41) is 0. The molecule has 2 aromatic carbocycles. The molecule has 0 N–H and O–H groups in total. The van der Waals surface area contributed by atoms with Gasteiger partial charge in [-0.25, -0.2) is 0 Å². The fourth-order valence-corrected chi connectivity index (χ4v) is 4.35. The van der Waals surface area contributed by atoms with Crippen LogP contribution >= 0.6 is 23.5 Å². The molecule has 0 amide bonds. The second kappa shape index (κ2) is 8.95. The molecule has 3 heteroatoms. The van der Waals surface area contributed by atoms with Gasteiger partial charge in [-0.05, 0) is 68.0 Å². The van der Waals surface area contributed by atoms with Crippen LogP contribution in [0.2, 0.25) is 0 Å². The molecule has 0 saturated carbocycles. The van der Waals surface area contributed by atoms with E-state index >= 15 is 0 Å². The number of benzene rings is 2. The third-order valence-corrected chi connectivity index (χ3v) is 5.66. The minimum absolute atomic E-state index is 0.861. The summed E-state index contributed by atoms with van der Waals surface area (Å²) in [5.74, 6) is 0. The maximum Gasteiger partial charge on any atom is 0.143 e. The molecule has 0 unspecified atom stereocenters. The van der Waals surface area contributed by atoms with Gasteiger partial charge in [-0.1, -0.05) is 47.7 Å². The summed E-state index contributed by atoms with van der Waals surface area (Å²) < 4.78 is 0. The average Bonchev–Trinajstić information content (AvgIpc) is 2.56. The molecule has 0 atom stereocenters. The highest BCUT2D eigenvalue weighted by molar-refractivity contribution is 8.08. The Kier molecular flexibility index (Phi) is 6.95. The smallest absolute Gasteiger partial charge is 0.143 e. The zero-order valence-corrected chi connectivity index (χ0v) is 16.1. The van der Waals surface area contributed by atoms with Crippen molar-refractivity contribution >= 4 is 35.9 Å². The van der Waals surface area contributed by atoms with Crippen LogP contribution in [0, 0.1) is 20.8 Å². The monoisotopic (exact) mass is 354 g/mol. The van der Waals surface area contributed by atoms with Gasteiger partial charge in [0.05, 0.1) is 0 Å². The van der Waals surface area contributed by atoms with Crippen LogP contribution in [0.25, 0.3) is 6.08 Å². The predicted molar refractivity (Wildman–Crippen MR) is 109 cm³/mol. The topological polar surface area (TPSA) is 17.1 Å². The second-order valence-corrected chi connectivity index (χ2v) is 7.57. The molecule has 0 aromatic heterocycles. The van der Waals surface area contributed by atoms with Gasteiger partial charge in [-0.2, -0.15) is 0 Å². The van der Waals surface area contributed by atoms with E-state index in [0.717, 1.165) is 21.0 Å². The van der Waals surface area contributed by atoms with Crippen molar-refractivity contribution in [2.45, 2.75) is 25.7 Å². The van der Waals surface area contributed by atoms with E-state index in [1.165, 1.54) is 22.3 Å². The number of allylic oxidation sites excluding steroid dienone is 1. The van der Waals surface area contributed by atoms with Crippen molar-refractivity contribution in [3.63, 3.8) is 0 Å². The molecular weight excluding hydrogens is 332 g/mol. The lowest BCUT2D eigenvalue weighted by Gasteiger charge is -2.13. The molecule has 2 aromatic rings. The Morgan fingerprint density at radius 3 is 2.12 bits per heavy atom. The van der Waals surface area contributed by atoms with Crippen molar-refractivity contribution in [1.82, 2.24) is 0 Å². The van der Waals surface area contributed by atoms with Crippen molar-refractivity contribution in [2.24, 2.45) is 0 Å². The zero-order valence-electron chi connectivity index (χ0n) is 14.5. The van der Waals surface area contributed by atoms with Crippen molar-refractivity contribution in [3.05, 3.63) is 80.6 Å². The normalized spacial score (nSPS) is 12.3. The van der Waals surface area contributed by atoms with Crippen LogP contribution in [0.15, 0.2) is 63.2 Å². The molecule has 24 heavy (non-hydrogen) atoms. The number of aldehydes is 1. The summed E-state index contributed by atoms with van der Waals surface area (Å²) in [6, 6.07) is 14.7. The fourth-order valence-electron chi connectivity index (χ4n) is 2.63. The Morgan fingerprint density at radius 2 is 1.58 bits per heavy atom. The molecule has 0 aliphatic rings. The first kappa shape index (κ1) is 18.6. The molecule has 0 bridgehead atoms. The quantitative estimate of drug-likeness (QED) is 0.266. The first-order valence-electron chi connectivity index (χ1n) is 7.77. The molecule has 0 fully saturated rings. The van der Waals surface area contributed by atoms with Crippen LogP contribution in [0.4, 0.5) is 0 Å². The van der Waals surface area contributed by atoms with Crippen molar-refractivity contribution in [3.8, 4) is 0 Å². The van der Waals surface area contributed by atoms with Crippen molar-refractivity contribution in [1.29, 1.82) is 0 Å². The van der Waals surface area contributed by atoms with E-state index in [9.17, 15) is 4.79 Å². The van der Waals surface area contributed by atoms with Gasteiger partial charge < -0.3 is 0 Å². The van der Waals surface area contributed by atoms with Gasteiger partial charge in [-0.3, -0.25) is 4.79 Å². The molecular formula is C21H22OS2. The predicted octanol–water partition coefficient (Wildman–Crippen LogP) is 6.19. The molecule has 0 radical (unpaired) electrons. The van der Waals surface area contributed by atoms with E-state index in [0.29, 0.717) is 0 Å². The minimum Gasteiger partial charge on any atom is -0.299 e. The Morgan fingerprint density at radius 1 is 0.958 bits per heavy atom. The van der Waals surface area contributed by atoms with Gasteiger partial charge in [0.15, 0.2) is 0 Å². The van der Waals surface area contributed by atoms with Gasteiger partial charge in [0.1, 0.15) is 6.29 Å². The van der Waals surface area contributed by atoms with Gasteiger partial charge in [0, 0.05) is 14.7 Å². The molecule has 1 nitrogen and oxygen atoms in total. The summed E-state index contributed by atoms with van der Waals surface area (Å²) in [4.78, 5) is 14.3.